The van der Waals surface area contributed by atoms with E-state index in [1.807, 2.05) is 43.3 Å². The maximum absolute atomic E-state index is 13.3. The summed E-state index contributed by atoms with van der Waals surface area (Å²) in [5.74, 6) is -1.02. The summed E-state index contributed by atoms with van der Waals surface area (Å²) in [4.78, 5) is 28.0. The second-order valence-corrected chi connectivity index (χ2v) is 9.25. The normalized spacial score (nSPS) is 16.7. The monoisotopic (exact) mass is 509 g/mol. The van der Waals surface area contributed by atoms with Crippen LogP contribution in [-0.4, -0.2) is 16.8 Å². The molecule has 1 N–H and O–H groups in total. The lowest BCUT2D eigenvalue weighted by Crippen LogP contribution is -2.29. The summed E-state index contributed by atoms with van der Waals surface area (Å²) >= 11 is 6.10. The first-order valence-corrected chi connectivity index (χ1v) is 12.2. The standard InChI is InChI=1S/C31H24ClNO4/c1-20-18-23(14-17-26(20)37-19-21-8-4-2-5-9-21)29(34)27-28(22-12-15-24(32)16-13-22)33(31(36)30(27)35)25-10-6-3-7-11-25/h2-18,28,34H,19H2,1H3/b29-27-. The minimum atomic E-state index is -0.811. The van der Waals surface area contributed by atoms with Crippen LogP contribution >= 0.6 is 11.6 Å². The predicted octanol–water partition coefficient (Wildman–Crippen LogP) is 6.85. The highest BCUT2D eigenvalue weighted by atomic mass is 35.5. The topological polar surface area (TPSA) is 66.8 Å². The molecule has 0 saturated carbocycles. The highest BCUT2D eigenvalue weighted by molar-refractivity contribution is 6.51. The Morgan fingerprint density at radius 2 is 1.54 bits per heavy atom. The second kappa shape index (κ2) is 10.3. The van der Waals surface area contributed by atoms with Gasteiger partial charge in [0.1, 0.15) is 18.1 Å². The molecule has 4 aromatic rings. The van der Waals surface area contributed by atoms with Crippen molar-refractivity contribution in [1.29, 1.82) is 0 Å². The number of nitrogens with zero attached hydrogens (tertiary/aromatic N) is 1. The lowest BCUT2D eigenvalue weighted by molar-refractivity contribution is -0.132. The third-order valence-electron chi connectivity index (χ3n) is 6.35. The largest absolute Gasteiger partial charge is 0.507 e. The van der Waals surface area contributed by atoms with E-state index in [-0.39, 0.29) is 11.3 Å². The number of para-hydroxylation sites is 1. The van der Waals surface area contributed by atoms with Crippen LogP contribution in [0.5, 0.6) is 5.75 Å². The molecular formula is C31H24ClNO4. The van der Waals surface area contributed by atoms with Crippen molar-refractivity contribution in [3.63, 3.8) is 0 Å². The van der Waals surface area contributed by atoms with E-state index in [0.29, 0.717) is 34.2 Å². The van der Waals surface area contributed by atoms with Crippen molar-refractivity contribution < 1.29 is 19.4 Å². The van der Waals surface area contributed by atoms with Crippen LogP contribution in [0, 0.1) is 6.92 Å². The Bertz CT molecular complexity index is 1480. The number of benzene rings is 4. The van der Waals surface area contributed by atoms with E-state index in [0.717, 1.165) is 11.1 Å². The van der Waals surface area contributed by atoms with Gasteiger partial charge in [-0.1, -0.05) is 72.3 Å². The Morgan fingerprint density at radius 1 is 0.892 bits per heavy atom. The molecule has 0 bridgehead atoms. The second-order valence-electron chi connectivity index (χ2n) is 8.81. The average Bonchev–Trinajstić information content (AvgIpc) is 3.19. The number of amides is 1. The molecule has 184 valence electrons. The van der Waals surface area contributed by atoms with E-state index in [1.54, 1.807) is 66.7 Å². The molecule has 1 aliphatic rings. The van der Waals surface area contributed by atoms with Crippen LogP contribution < -0.4 is 9.64 Å². The molecule has 0 spiro atoms. The Balaban J connectivity index is 1.55. The zero-order valence-electron chi connectivity index (χ0n) is 20.1. The van der Waals surface area contributed by atoms with Gasteiger partial charge in [0.25, 0.3) is 11.7 Å². The number of aliphatic hydroxyl groups excluding tert-OH is 1. The van der Waals surface area contributed by atoms with Crippen LogP contribution in [0.15, 0.2) is 109 Å². The summed E-state index contributed by atoms with van der Waals surface area (Å²) in [5.41, 5.74) is 3.50. The van der Waals surface area contributed by atoms with Gasteiger partial charge in [0.15, 0.2) is 0 Å². The van der Waals surface area contributed by atoms with Gasteiger partial charge in [0.2, 0.25) is 0 Å². The Kier molecular flexibility index (Phi) is 6.80. The van der Waals surface area contributed by atoms with Gasteiger partial charge in [-0.25, -0.2) is 0 Å². The average molecular weight is 510 g/mol. The Morgan fingerprint density at radius 3 is 2.19 bits per heavy atom. The van der Waals surface area contributed by atoms with Crippen molar-refractivity contribution in [1.82, 2.24) is 0 Å². The fraction of sp³-hybridized carbons (Fsp3) is 0.0968. The third-order valence-corrected chi connectivity index (χ3v) is 6.60. The summed E-state index contributed by atoms with van der Waals surface area (Å²) < 4.78 is 5.96. The number of ketones is 1. The smallest absolute Gasteiger partial charge is 0.300 e. The number of hydrogen-bond acceptors (Lipinski definition) is 4. The number of carbonyl (C=O) groups excluding carboxylic acids is 2. The highest BCUT2D eigenvalue weighted by Crippen LogP contribution is 2.42. The number of rotatable bonds is 6. The molecule has 5 rings (SSSR count). The molecule has 5 nitrogen and oxygen atoms in total. The lowest BCUT2D eigenvalue weighted by atomic mass is 9.94. The zero-order valence-corrected chi connectivity index (χ0v) is 20.9. The van der Waals surface area contributed by atoms with Crippen LogP contribution in [-0.2, 0) is 16.2 Å². The molecule has 6 heteroatoms. The van der Waals surface area contributed by atoms with Crippen LogP contribution in [0.1, 0.15) is 28.3 Å². The van der Waals surface area contributed by atoms with Crippen molar-refractivity contribution in [3.8, 4) is 5.75 Å². The molecule has 1 amide bonds. The fourth-order valence-electron chi connectivity index (χ4n) is 4.50. The van der Waals surface area contributed by atoms with Gasteiger partial charge in [-0.05, 0) is 66.1 Å². The quantitative estimate of drug-likeness (QED) is 0.175. The first kappa shape index (κ1) is 24.3. The van der Waals surface area contributed by atoms with Crippen molar-refractivity contribution in [2.45, 2.75) is 19.6 Å². The molecule has 0 radical (unpaired) electrons. The first-order chi connectivity index (χ1) is 17.9. The first-order valence-electron chi connectivity index (χ1n) is 11.8. The zero-order chi connectivity index (χ0) is 25.9. The summed E-state index contributed by atoms with van der Waals surface area (Å²) in [6.45, 7) is 2.28. The van der Waals surface area contributed by atoms with Crippen molar-refractivity contribution in [2.75, 3.05) is 4.90 Å². The Labute approximate surface area is 220 Å². The molecule has 1 fully saturated rings. The van der Waals surface area contributed by atoms with E-state index in [9.17, 15) is 14.7 Å². The number of anilines is 1. The van der Waals surface area contributed by atoms with Crippen molar-refractivity contribution >= 4 is 34.7 Å². The number of ether oxygens (including phenoxy) is 1. The van der Waals surface area contributed by atoms with Gasteiger partial charge in [-0.15, -0.1) is 0 Å². The summed E-state index contributed by atoms with van der Waals surface area (Å²) in [7, 11) is 0. The number of carbonyl (C=O) groups is 2. The molecule has 1 atom stereocenters. The van der Waals surface area contributed by atoms with Crippen LogP contribution in [0.4, 0.5) is 5.69 Å². The highest BCUT2D eigenvalue weighted by Gasteiger charge is 2.46. The molecule has 4 aromatic carbocycles. The van der Waals surface area contributed by atoms with Crippen LogP contribution in [0.3, 0.4) is 0 Å². The van der Waals surface area contributed by atoms with E-state index in [2.05, 4.69) is 0 Å². The maximum atomic E-state index is 13.3. The van der Waals surface area contributed by atoms with Crippen LogP contribution in [0.2, 0.25) is 5.02 Å². The van der Waals surface area contributed by atoms with Gasteiger partial charge in [-0.2, -0.15) is 0 Å². The van der Waals surface area contributed by atoms with Crippen molar-refractivity contribution in [3.05, 3.63) is 136 Å². The molecule has 0 aliphatic carbocycles. The number of aliphatic hydroxyl groups is 1. The number of hydrogen-bond donors (Lipinski definition) is 1. The summed E-state index contributed by atoms with van der Waals surface area (Å²) in [5, 5.41) is 11.9. The third kappa shape index (κ3) is 4.86. The SMILES string of the molecule is Cc1cc(/C(O)=C2/C(=O)C(=O)N(c3ccccc3)C2c2ccc(Cl)cc2)ccc1OCc1ccccc1. The minimum absolute atomic E-state index is 0.0218. The van der Waals surface area contributed by atoms with E-state index >= 15 is 0 Å². The summed E-state index contributed by atoms with van der Waals surface area (Å²) in [6.07, 6.45) is 0. The van der Waals surface area contributed by atoms with Gasteiger partial charge < -0.3 is 9.84 Å². The van der Waals surface area contributed by atoms with Gasteiger partial charge in [0.05, 0.1) is 11.6 Å². The van der Waals surface area contributed by atoms with Gasteiger partial charge in [-0.3, -0.25) is 14.5 Å². The fourth-order valence-corrected chi connectivity index (χ4v) is 4.62. The molecule has 1 saturated heterocycles. The molecule has 1 aliphatic heterocycles. The molecule has 0 aromatic heterocycles. The lowest BCUT2D eigenvalue weighted by Gasteiger charge is -2.25. The van der Waals surface area contributed by atoms with Crippen molar-refractivity contribution in [2.24, 2.45) is 0 Å². The molecule has 1 unspecified atom stereocenters. The molecule has 37 heavy (non-hydrogen) atoms. The van der Waals surface area contributed by atoms with Gasteiger partial charge in [0, 0.05) is 16.3 Å². The van der Waals surface area contributed by atoms with E-state index < -0.39 is 17.7 Å². The van der Waals surface area contributed by atoms with E-state index in [1.165, 1.54) is 4.90 Å². The van der Waals surface area contributed by atoms with E-state index in [4.69, 9.17) is 16.3 Å². The number of halogens is 1. The Hall–Kier alpha value is -4.35. The van der Waals surface area contributed by atoms with Crippen LogP contribution in [0.25, 0.3) is 5.76 Å². The number of aryl methyl sites for hydroxylation is 1. The molecular weight excluding hydrogens is 486 g/mol. The van der Waals surface area contributed by atoms with Gasteiger partial charge >= 0.3 is 0 Å². The minimum Gasteiger partial charge on any atom is -0.507 e. The predicted molar refractivity (Wildman–Crippen MR) is 145 cm³/mol. The number of Topliss-reactive ketones (excluding diaryl/α,β-unsaturated/α-hetero) is 1. The maximum Gasteiger partial charge on any atom is 0.300 e. The summed E-state index contributed by atoms with van der Waals surface area (Å²) in [6, 6.07) is 30.1. The molecule has 1 heterocycles.